The largest absolute Gasteiger partial charge is 2.00 e. The summed E-state index contributed by atoms with van der Waals surface area (Å²) in [7, 11) is 0. The van der Waals surface area contributed by atoms with Crippen LogP contribution in [0.3, 0.4) is 0 Å². The second-order valence-corrected chi connectivity index (χ2v) is 0.492. The van der Waals surface area contributed by atoms with Gasteiger partial charge in [0.15, 0.2) is 0 Å². The third-order valence-electron chi connectivity index (χ3n) is 0. The van der Waals surface area contributed by atoms with E-state index < -0.39 is 5.97 Å². The quantitative estimate of drug-likeness (QED) is 0.400. The van der Waals surface area contributed by atoms with Crippen molar-refractivity contribution in [1.82, 2.24) is 0 Å². The normalized spacial score (nSPS) is 1.79. The van der Waals surface area contributed by atoms with Crippen LogP contribution in [0.25, 0.3) is 0 Å². The smallest absolute Gasteiger partial charge is 1.00 e. The molecule has 4 N–H and O–H groups in total. The molecular formula is C2H7CaCl4KNa2O4. The van der Waals surface area contributed by atoms with Crippen molar-refractivity contribution in [2.75, 3.05) is 0 Å². The molecule has 0 heterocycles. The molecule has 0 aliphatic carbocycles. The van der Waals surface area contributed by atoms with Crippen LogP contribution >= 0.6 is 0 Å². The Hall–Kier alpha value is 5.45. The summed E-state index contributed by atoms with van der Waals surface area (Å²) in [5, 5.41) is 8.89. The molecule has 0 aromatic carbocycles. The van der Waals surface area contributed by atoms with Crippen molar-refractivity contribution < 1.29 is 181 Å². The second kappa shape index (κ2) is 78.7. The van der Waals surface area contributed by atoms with Crippen molar-refractivity contribution >= 4 is 43.7 Å². The summed E-state index contributed by atoms with van der Waals surface area (Å²) in [5.41, 5.74) is 0. The topological polar surface area (TPSA) is 103 Å². The Kier molecular flexibility index (Phi) is 521. The number of hydrogen-bond donors (Lipinski definition) is 0. The molecule has 0 aliphatic rings. The molecule has 0 saturated carbocycles. The van der Waals surface area contributed by atoms with E-state index >= 15 is 0 Å². The summed E-state index contributed by atoms with van der Waals surface area (Å²) in [6, 6.07) is 0. The summed E-state index contributed by atoms with van der Waals surface area (Å²) in [4.78, 5) is 8.89. The van der Waals surface area contributed by atoms with E-state index in [1.807, 2.05) is 0 Å². The van der Waals surface area contributed by atoms with Gasteiger partial charge in [-0.15, -0.1) is 0 Å². The Morgan fingerprint density at radius 1 is 0.929 bits per heavy atom. The molecule has 0 aromatic heterocycles. The summed E-state index contributed by atoms with van der Waals surface area (Å²) in [6.45, 7) is 0.972. The Labute approximate surface area is 225 Å². The van der Waals surface area contributed by atoms with Crippen LogP contribution in [0, 0.1) is 0 Å². The molecule has 0 amide bonds. The van der Waals surface area contributed by atoms with Crippen molar-refractivity contribution in [1.29, 1.82) is 0 Å². The molecule has 0 aromatic rings. The number of carbonyl (C=O) groups is 1. The zero-order valence-electron chi connectivity index (χ0n) is 8.54. The molecule has 0 atom stereocenters. The van der Waals surface area contributed by atoms with E-state index in [9.17, 15) is 0 Å². The standard InChI is InChI=1S/C2H4O2.Ca.4ClH.K.2Na.2H2O/c1-2(3)4;;;;;;;;;;/h1H3,(H,3,4);;4*1H;;;;2*1H2/q;+2;;;;;3*+1;;/p-5. The molecule has 0 spiro atoms. The minimum atomic E-state index is -1.08. The van der Waals surface area contributed by atoms with Crippen LogP contribution in [-0.2, 0) is 4.79 Å². The number of aliphatic carboxylic acids is 1. The first-order valence-corrected chi connectivity index (χ1v) is 0.908. The second-order valence-electron chi connectivity index (χ2n) is 0.492. The zero-order valence-corrected chi connectivity index (χ0v) is 20.9. The van der Waals surface area contributed by atoms with E-state index in [4.69, 9.17) is 9.90 Å². The van der Waals surface area contributed by atoms with Crippen molar-refractivity contribution in [2.45, 2.75) is 6.92 Å². The number of hydrogen-bond acceptors (Lipinski definition) is 2. The van der Waals surface area contributed by atoms with Gasteiger partial charge in [-0.25, -0.2) is 0 Å². The van der Waals surface area contributed by atoms with Crippen molar-refractivity contribution in [3.63, 3.8) is 0 Å². The van der Waals surface area contributed by atoms with Crippen LogP contribution in [0.4, 0.5) is 0 Å². The molecule has 0 radical (unpaired) electrons. The summed E-state index contributed by atoms with van der Waals surface area (Å²) >= 11 is 0. The van der Waals surface area contributed by atoms with E-state index in [1.54, 1.807) is 0 Å². The molecule has 0 saturated heterocycles. The maximum atomic E-state index is 8.89. The van der Waals surface area contributed by atoms with Gasteiger partial charge in [-0.2, -0.15) is 0 Å². The van der Waals surface area contributed by atoms with Gasteiger partial charge >= 0.3 is 148 Å². The summed E-state index contributed by atoms with van der Waals surface area (Å²) in [6.07, 6.45) is 0. The average Bonchev–Trinajstić information content (AvgIpc) is 0.811. The average molecular weight is 362 g/mol. The van der Waals surface area contributed by atoms with Crippen LogP contribution in [0.2, 0.25) is 0 Å². The number of halogens is 4. The Balaban J connectivity index is -0.000000001000. The first-order chi connectivity index (χ1) is 1.73. The first kappa shape index (κ1) is 92.8. The van der Waals surface area contributed by atoms with Crippen LogP contribution < -0.4 is 165 Å². The van der Waals surface area contributed by atoms with E-state index in [0.29, 0.717) is 0 Å². The molecule has 0 fully saturated rings. The number of carboxylic acid groups (broad SMARTS) is 1. The van der Waals surface area contributed by atoms with Gasteiger partial charge in [-0.3, -0.25) is 0 Å². The Morgan fingerprint density at radius 2 is 0.929 bits per heavy atom. The molecule has 4 nitrogen and oxygen atoms in total. The number of rotatable bonds is 0. The molecular weight excluding hydrogens is 355 g/mol. The molecule has 12 heteroatoms. The van der Waals surface area contributed by atoms with Crippen LogP contribution in [0.1, 0.15) is 6.92 Å². The van der Waals surface area contributed by atoms with Gasteiger partial charge < -0.3 is 70.5 Å². The van der Waals surface area contributed by atoms with E-state index in [2.05, 4.69) is 0 Å². The van der Waals surface area contributed by atoms with E-state index in [0.717, 1.165) is 6.92 Å². The van der Waals surface area contributed by atoms with E-state index in [1.165, 1.54) is 0 Å². The summed E-state index contributed by atoms with van der Waals surface area (Å²) in [5.74, 6) is -1.08. The molecule has 0 bridgehead atoms. The Bertz CT molecular complexity index is 56.3. The van der Waals surface area contributed by atoms with Gasteiger partial charge in [-0.1, -0.05) is 0 Å². The van der Waals surface area contributed by atoms with Gasteiger partial charge in [0.05, 0.1) is 0 Å². The van der Waals surface area contributed by atoms with Gasteiger partial charge in [0.25, 0.3) is 0 Å². The van der Waals surface area contributed by atoms with Crippen molar-refractivity contribution in [3.05, 3.63) is 0 Å². The van der Waals surface area contributed by atoms with Gasteiger partial charge in [0.2, 0.25) is 0 Å². The fourth-order valence-electron chi connectivity index (χ4n) is 0. The van der Waals surface area contributed by atoms with Crippen molar-refractivity contribution in [3.8, 4) is 0 Å². The maximum Gasteiger partial charge on any atom is 2.00 e. The van der Waals surface area contributed by atoms with Crippen molar-refractivity contribution in [2.24, 2.45) is 0 Å². The van der Waals surface area contributed by atoms with Gasteiger partial charge in [0.1, 0.15) is 0 Å². The van der Waals surface area contributed by atoms with E-state index in [-0.39, 0.29) is 209 Å². The first-order valence-electron chi connectivity index (χ1n) is 0.908. The third-order valence-corrected chi connectivity index (χ3v) is 0. The SMILES string of the molecule is CC(=O)[O-].O.O.[Ca+2].[Cl-].[Cl-].[Cl-].[Cl-].[K+].[Na+].[Na+]. The van der Waals surface area contributed by atoms with Gasteiger partial charge in [-0.05, 0) is 6.92 Å². The monoisotopic (exact) mass is 360 g/mol. The number of carbonyl (C=O) groups excluding carboxylic acids is 1. The minimum Gasteiger partial charge on any atom is -1.00 e. The summed E-state index contributed by atoms with van der Waals surface area (Å²) < 4.78 is 0. The fourth-order valence-corrected chi connectivity index (χ4v) is 0. The molecule has 72 valence electrons. The molecule has 0 unspecified atom stereocenters. The molecule has 0 aliphatic heterocycles. The number of carboxylic acids is 1. The predicted molar refractivity (Wildman–Crippen MR) is 23.7 cm³/mol. The zero-order chi connectivity index (χ0) is 3.58. The predicted octanol–water partition coefficient (Wildman–Crippen LogP) is -24.2. The van der Waals surface area contributed by atoms with Crippen LogP contribution in [-0.4, -0.2) is 54.7 Å². The van der Waals surface area contributed by atoms with Crippen LogP contribution in [0.15, 0.2) is 0 Å². The fraction of sp³-hybridized carbons (Fsp3) is 0.500. The maximum absolute atomic E-state index is 8.89. The van der Waals surface area contributed by atoms with Crippen LogP contribution in [0.5, 0.6) is 0 Å². The molecule has 14 heavy (non-hydrogen) atoms. The molecule has 0 rings (SSSR count). The third kappa shape index (κ3) is 159. The minimum absolute atomic E-state index is 0. The van der Waals surface area contributed by atoms with Gasteiger partial charge in [0, 0.05) is 5.97 Å². The Morgan fingerprint density at radius 3 is 0.929 bits per heavy atom.